The molecule has 1 aromatic rings. The smallest absolute Gasteiger partial charge is 0.393 e. The summed E-state index contributed by atoms with van der Waals surface area (Å²) in [6, 6.07) is 1.89. The Kier molecular flexibility index (Phi) is 4.27. The summed E-state index contributed by atoms with van der Waals surface area (Å²) in [6.45, 7) is 0.401. The van der Waals surface area contributed by atoms with E-state index in [0.717, 1.165) is 25.0 Å². The molecule has 0 saturated heterocycles. The number of carbonyl (C=O) groups is 1. The monoisotopic (exact) mass is 288 g/mol. The molecule has 1 aliphatic rings. The van der Waals surface area contributed by atoms with Crippen LogP contribution in [-0.4, -0.2) is 28.6 Å². The third-order valence-electron chi connectivity index (χ3n) is 3.39. The highest BCUT2D eigenvalue weighted by atomic mass is 19.4. The Morgan fingerprint density at radius 2 is 2.15 bits per heavy atom. The van der Waals surface area contributed by atoms with Gasteiger partial charge in [-0.05, 0) is 37.3 Å². The molecule has 0 aromatic carbocycles. The van der Waals surface area contributed by atoms with Gasteiger partial charge in [0.1, 0.15) is 5.69 Å². The summed E-state index contributed by atoms with van der Waals surface area (Å²) in [5.41, 5.74) is -0.926. The van der Waals surface area contributed by atoms with E-state index in [4.69, 9.17) is 0 Å². The number of hydrogen-bond acceptors (Lipinski definition) is 3. The molecule has 0 spiro atoms. The van der Waals surface area contributed by atoms with Crippen LogP contribution in [-0.2, 0) is 6.18 Å². The lowest BCUT2D eigenvalue weighted by molar-refractivity contribution is -0.137. The predicted molar refractivity (Wildman–Crippen MR) is 64.9 cm³/mol. The van der Waals surface area contributed by atoms with Gasteiger partial charge in [0.05, 0.1) is 11.7 Å². The fraction of sp³-hybridized carbons (Fsp3) is 0.538. The first-order chi connectivity index (χ1) is 9.36. The highest BCUT2D eigenvalue weighted by Crippen LogP contribution is 2.28. The van der Waals surface area contributed by atoms with E-state index in [9.17, 15) is 23.1 Å². The predicted octanol–water partition coefficient (Wildman–Crippen LogP) is 1.99. The molecule has 1 aliphatic carbocycles. The van der Waals surface area contributed by atoms with Gasteiger partial charge in [0, 0.05) is 12.7 Å². The number of alkyl halides is 3. The zero-order chi connectivity index (χ0) is 14.8. The molecule has 2 N–H and O–H groups in total. The Morgan fingerprint density at radius 1 is 1.40 bits per heavy atom. The number of amides is 1. The first kappa shape index (κ1) is 14.8. The second kappa shape index (κ2) is 5.78. The minimum Gasteiger partial charge on any atom is -0.393 e. The van der Waals surface area contributed by atoms with E-state index in [-0.39, 0.29) is 17.7 Å². The summed E-state index contributed by atoms with van der Waals surface area (Å²) < 4.78 is 37.0. The molecule has 1 heterocycles. The number of nitrogens with zero attached hydrogens (tertiary/aromatic N) is 1. The van der Waals surface area contributed by atoms with Crippen molar-refractivity contribution in [3.63, 3.8) is 0 Å². The standard InChI is InChI=1S/C13H15F3N2O2/c14-13(15,16)9-2-4-11(17-7-9)12(20)18-6-8-1-3-10(19)5-8/h2,4,7-8,10,19H,1,3,5-6H2,(H,18,20). The van der Waals surface area contributed by atoms with E-state index < -0.39 is 17.6 Å². The highest BCUT2D eigenvalue weighted by molar-refractivity contribution is 5.92. The maximum atomic E-state index is 12.3. The van der Waals surface area contributed by atoms with E-state index in [1.54, 1.807) is 0 Å². The largest absolute Gasteiger partial charge is 0.417 e. The van der Waals surface area contributed by atoms with Crippen molar-refractivity contribution >= 4 is 5.91 Å². The second-order valence-electron chi connectivity index (χ2n) is 4.97. The maximum Gasteiger partial charge on any atom is 0.417 e. The van der Waals surface area contributed by atoms with Crippen LogP contribution in [0.4, 0.5) is 13.2 Å². The molecular formula is C13H15F3N2O2. The van der Waals surface area contributed by atoms with Crippen molar-refractivity contribution in [3.8, 4) is 0 Å². The molecule has 0 aliphatic heterocycles. The van der Waals surface area contributed by atoms with Gasteiger partial charge >= 0.3 is 6.18 Å². The van der Waals surface area contributed by atoms with Crippen LogP contribution in [0.1, 0.15) is 35.3 Å². The van der Waals surface area contributed by atoms with Gasteiger partial charge in [-0.1, -0.05) is 0 Å². The van der Waals surface area contributed by atoms with Gasteiger partial charge in [-0.3, -0.25) is 9.78 Å². The molecule has 0 bridgehead atoms. The lowest BCUT2D eigenvalue weighted by Crippen LogP contribution is -2.29. The van der Waals surface area contributed by atoms with Crippen molar-refractivity contribution < 1.29 is 23.1 Å². The quantitative estimate of drug-likeness (QED) is 0.894. The zero-order valence-corrected chi connectivity index (χ0v) is 10.7. The number of pyridine rings is 1. The molecule has 20 heavy (non-hydrogen) atoms. The lowest BCUT2D eigenvalue weighted by atomic mass is 10.1. The molecule has 1 amide bonds. The molecule has 7 heteroatoms. The van der Waals surface area contributed by atoms with Gasteiger partial charge in [-0.15, -0.1) is 0 Å². The van der Waals surface area contributed by atoms with E-state index in [1.165, 1.54) is 0 Å². The van der Waals surface area contributed by atoms with E-state index in [2.05, 4.69) is 10.3 Å². The second-order valence-corrected chi connectivity index (χ2v) is 4.97. The molecule has 1 fully saturated rings. The molecule has 110 valence electrons. The fourth-order valence-corrected chi connectivity index (χ4v) is 2.26. The van der Waals surface area contributed by atoms with Crippen LogP contribution in [0.25, 0.3) is 0 Å². The van der Waals surface area contributed by atoms with Gasteiger partial charge in [-0.2, -0.15) is 13.2 Å². The third kappa shape index (κ3) is 3.69. The van der Waals surface area contributed by atoms with Crippen molar-refractivity contribution in [1.82, 2.24) is 10.3 Å². The first-order valence-electron chi connectivity index (χ1n) is 6.36. The summed E-state index contributed by atoms with van der Waals surface area (Å²) >= 11 is 0. The van der Waals surface area contributed by atoms with E-state index in [0.29, 0.717) is 19.2 Å². The topological polar surface area (TPSA) is 62.2 Å². The number of aromatic nitrogens is 1. The summed E-state index contributed by atoms with van der Waals surface area (Å²) in [7, 11) is 0. The Balaban J connectivity index is 1.89. The van der Waals surface area contributed by atoms with Gasteiger partial charge < -0.3 is 10.4 Å². The summed E-state index contributed by atoms with van der Waals surface area (Å²) in [4.78, 5) is 15.3. The number of aliphatic hydroxyl groups excluding tert-OH is 1. The minimum absolute atomic E-state index is 0.0449. The van der Waals surface area contributed by atoms with Crippen LogP contribution in [0.2, 0.25) is 0 Å². The van der Waals surface area contributed by atoms with Crippen LogP contribution in [0.5, 0.6) is 0 Å². The number of hydrogen-bond donors (Lipinski definition) is 2. The number of nitrogens with one attached hydrogen (secondary N) is 1. The lowest BCUT2D eigenvalue weighted by Gasteiger charge is -2.11. The molecule has 0 radical (unpaired) electrons. The van der Waals surface area contributed by atoms with Crippen molar-refractivity contribution in [2.45, 2.75) is 31.5 Å². The molecule has 2 unspecified atom stereocenters. The summed E-state index contributed by atoms with van der Waals surface area (Å²) in [5.74, 6) is -0.288. The van der Waals surface area contributed by atoms with Gasteiger partial charge in [0.2, 0.25) is 0 Å². The fourth-order valence-electron chi connectivity index (χ4n) is 2.26. The Morgan fingerprint density at radius 3 is 2.65 bits per heavy atom. The number of rotatable bonds is 3. The molecule has 4 nitrogen and oxygen atoms in total. The van der Waals surface area contributed by atoms with E-state index >= 15 is 0 Å². The summed E-state index contributed by atoms with van der Waals surface area (Å²) in [6.07, 6.45) is -1.93. The zero-order valence-electron chi connectivity index (χ0n) is 10.7. The molecular weight excluding hydrogens is 273 g/mol. The van der Waals surface area contributed by atoms with Crippen LogP contribution in [0.3, 0.4) is 0 Å². The van der Waals surface area contributed by atoms with Crippen molar-refractivity contribution in [3.05, 3.63) is 29.6 Å². The van der Waals surface area contributed by atoms with Gasteiger partial charge in [0.25, 0.3) is 5.91 Å². The van der Waals surface area contributed by atoms with Crippen LogP contribution in [0, 0.1) is 5.92 Å². The number of halogens is 3. The van der Waals surface area contributed by atoms with Crippen molar-refractivity contribution in [1.29, 1.82) is 0 Å². The molecule has 2 atom stereocenters. The molecule has 1 saturated carbocycles. The maximum absolute atomic E-state index is 12.3. The number of aliphatic hydroxyl groups is 1. The Labute approximate surface area is 114 Å². The van der Waals surface area contributed by atoms with Crippen LogP contribution >= 0.6 is 0 Å². The normalized spacial score (nSPS) is 22.8. The molecule has 1 aromatic heterocycles. The SMILES string of the molecule is O=C(NCC1CCC(O)C1)c1ccc(C(F)(F)F)cn1. The average molecular weight is 288 g/mol. The summed E-state index contributed by atoms with van der Waals surface area (Å²) in [5, 5.41) is 12.0. The van der Waals surface area contributed by atoms with Crippen molar-refractivity contribution in [2.75, 3.05) is 6.54 Å². The molecule has 2 rings (SSSR count). The van der Waals surface area contributed by atoms with E-state index in [1.807, 2.05) is 0 Å². The van der Waals surface area contributed by atoms with Crippen LogP contribution < -0.4 is 5.32 Å². The third-order valence-corrected chi connectivity index (χ3v) is 3.39. The highest BCUT2D eigenvalue weighted by Gasteiger charge is 2.31. The minimum atomic E-state index is -4.46. The Hall–Kier alpha value is -1.63. The first-order valence-corrected chi connectivity index (χ1v) is 6.36. The van der Waals surface area contributed by atoms with Gasteiger partial charge in [0.15, 0.2) is 0 Å². The number of carbonyl (C=O) groups excluding carboxylic acids is 1. The van der Waals surface area contributed by atoms with Crippen molar-refractivity contribution in [2.24, 2.45) is 5.92 Å². The van der Waals surface area contributed by atoms with Crippen LogP contribution in [0.15, 0.2) is 18.3 Å². The Bertz CT molecular complexity index is 473. The average Bonchev–Trinajstić information content (AvgIpc) is 2.81. The van der Waals surface area contributed by atoms with Gasteiger partial charge in [-0.25, -0.2) is 0 Å².